The summed E-state index contributed by atoms with van der Waals surface area (Å²) in [5.74, 6) is -1.64. The summed E-state index contributed by atoms with van der Waals surface area (Å²) in [6, 6.07) is 7.91. The van der Waals surface area contributed by atoms with Crippen LogP contribution in [0.4, 0.5) is 0 Å². The van der Waals surface area contributed by atoms with Crippen molar-refractivity contribution in [1.29, 1.82) is 0 Å². The molecule has 0 unspecified atom stereocenters. The maximum Gasteiger partial charge on any atom is 0.326 e. The van der Waals surface area contributed by atoms with Crippen LogP contribution >= 0.6 is 0 Å². The van der Waals surface area contributed by atoms with Crippen molar-refractivity contribution in [3.05, 3.63) is 35.9 Å². The van der Waals surface area contributed by atoms with Gasteiger partial charge in [-0.25, -0.2) is 4.79 Å². The summed E-state index contributed by atoms with van der Waals surface area (Å²) in [5.41, 5.74) is 0.828. The van der Waals surface area contributed by atoms with Gasteiger partial charge in [-0.05, 0) is 30.7 Å². The minimum Gasteiger partial charge on any atom is -0.480 e. The number of hydrogen-bond donors (Lipinski definition) is 2. The maximum absolute atomic E-state index is 13.2. The molecule has 1 aromatic rings. The van der Waals surface area contributed by atoms with Gasteiger partial charge in [-0.3, -0.25) is 9.59 Å². The maximum atomic E-state index is 13.2. The van der Waals surface area contributed by atoms with Gasteiger partial charge >= 0.3 is 5.97 Å². The van der Waals surface area contributed by atoms with Crippen LogP contribution < -0.4 is 5.32 Å². The number of carboxylic acids is 1. The molecule has 0 radical (unpaired) electrons. The van der Waals surface area contributed by atoms with Crippen molar-refractivity contribution in [3.63, 3.8) is 0 Å². The number of carbonyl (C=O) groups excluding carboxylic acids is 2. The van der Waals surface area contributed by atoms with Crippen LogP contribution in [0.2, 0.25) is 0 Å². The fourth-order valence-electron chi connectivity index (χ4n) is 4.83. The minimum absolute atomic E-state index is 0.00445. The van der Waals surface area contributed by atoms with Crippen LogP contribution in [0.25, 0.3) is 0 Å². The Balaban J connectivity index is 2.06. The van der Waals surface area contributed by atoms with E-state index in [1.165, 1.54) is 7.11 Å². The van der Waals surface area contributed by atoms with Gasteiger partial charge in [0.2, 0.25) is 11.8 Å². The van der Waals surface area contributed by atoms with Gasteiger partial charge in [-0.15, -0.1) is 0 Å². The highest BCUT2D eigenvalue weighted by atomic mass is 16.5. The van der Waals surface area contributed by atoms with Crippen molar-refractivity contribution in [2.45, 2.75) is 83.6 Å². The largest absolute Gasteiger partial charge is 0.480 e. The number of carboxylic acid groups (broad SMARTS) is 1. The zero-order valence-electron chi connectivity index (χ0n) is 21.7. The van der Waals surface area contributed by atoms with E-state index in [0.717, 1.165) is 31.2 Å². The first-order chi connectivity index (χ1) is 16.7. The SMILES string of the molecule is CC[C@H](C)C[C@@H](CC(=O)N1CCC[C@H]1[C@@H](OC)[C@@H](C)C(=O)N[C@@H](Cc1ccccc1)C(=O)O)OC. The van der Waals surface area contributed by atoms with Crippen molar-refractivity contribution < 1.29 is 29.0 Å². The molecule has 1 aromatic carbocycles. The van der Waals surface area contributed by atoms with Gasteiger partial charge in [0.05, 0.1) is 30.6 Å². The Morgan fingerprint density at radius 1 is 1.14 bits per heavy atom. The molecular weight excluding hydrogens is 448 g/mol. The lowest BCUT2D eigenvalue weighted by atomic mass is 9.93. The molecule has 8 nitrogen and oxygen atoms in total. The Hall–Kier alpha value is -2.45. The molecule has 0 bridgehead atoms. The van der Waals surface area contributed by atoms with E-state index in [4.69, 9.17) is 9.47 Å². The summed E-state index contributed by atoms with van der Waals surface area (Å²) in [4.78, 5) is 39.9. The van der Waals surface area contributed by atoms with Crippen LogP contribution in [0.15, 0.2) is 30.3 Å². The first kappa shape index (κ1) is 28.8. The number of ether oxygens (including phenoxy) is 2. The van der Waals surface area contributed by atoms with Gasteiger partial charge in [0.1, 0.15) is 6.04 Å². The number of amides is 2. The van der Waals surface area contributed by atoms with Gasteiger partial charge in [0.25, 0.3) is 0 Å². The Morgan fingerprint density at radius 2 is 1.83 bits per heavy atom. The van der Waals surface area contributed by atoms with Gasteiger partial charge in [0.15, 0.2) is 0 Å². The number of nitrogens with zero attached hydrogens (tertiary/aromatic N) is 1. The number of rotatable bonds is 14. The molecule has 1 saturated heterocycles. The third kappa shape index (κ3) is 8.32. The predicted octanol–water partition coefficient (Wildman–Crippen LogP) is 3.28. The highest BCUT2D eigenvalue weighted by Crippen LogP contribution is 2.28. The number of aliphatic carboxylic acids is 1. The second-order valence-corrected chi connectivity index (χ2v) is 9.69. The molecule has 6 atom stereocenters. The molecule has 2 amide bonds. The van der Waals surface area contributed by atoms with Gasteiger partial charge < -0.3 is 24.8 Å². The number of nitrogens with one attached hydrogen (secondary N) is 1. The summed E-state index contributed by atoms with van der Waals surface area (Å²) < 4.78 is 11.3. The lowest BCUT2D eigenvalue weighted by Gasteiger charge is -2.35. The summed E-state index contributed by atoms with van der Waals surface area (Å²) in [6.45, 7) is 6.62. The Bertz CT molecular complexity index is 817. The lowest BCUT2D eigenvalue weighted by molar-refractivity contribution is -0.145. The molecule has 0 spiro atoms. The molecule has 2 N–H and O–H groups in total. The molecular formula is C27H42N2O6. The van der Waals surface area contributed by atoms with Gasteiger partial charge in [0, 0.05) is 27.2 Å². The van der Waals surface area contributed by atoms with E-state index in [1.807, 2.05) is 35.2 Å². The van der Waals surface area contributed by atoms with Crippen LogP contribution in [0.5, 0.6) is 0 Å². The molecule has 1 aliphatic rings. The zero-order chi connectivity index (χ0) is 26.0. The van der Waals surface area contributed by atoms with E-state index in [-0.39, 0.29) is 24.5 Å². The molecule has 1 fully saturated rings. The Morgan fingerprint density at radius 3 is 2.40 bits per heavy atom. The third-order valence-electron chi connectivity index (χ3n) is 7.17. The summed E-state index contributed by atoms with van der Waals surface area (Å²) in [5, 5.41) is 12.3. The number of likely N-dealkylation sites (tertiary alicyclic amines) is 1. The predicted molar refractivity (Wildman–Crippen MR) is 134 cm³/mol. The molecule has 35 heavy (non-hydrogen) atoms. The highest BCUT2D eigenvalue weighted by Gasteiger charge is 2.40. The van der Waals surface area contributed by atoms with Crippen LogP contribution in [-0.2, 0) is 30.3 Å². The van der Waals surface area contributed by atoms with E-state index in [9.17, 15) is 19.5 Å². The molecule has 196 valence electrons. The molecule has 0 aliphatic carbocycles. The summed E-state index contributed by atoms with van der Waals surface area (Å²) >= 11 is 0. The van der Waals surface area contributed by atoms with Crippen molar-refractivity contribution in [2.24, 2.45) is 11.8 Å². The van der Waals surface area contributed by atoms with Gasteiger partial charge in [-0.2, -0.15) is 0 Å². The van der Waals surface area contributed by atoms with E-state index in [0.29, 0.717) is 18.9 Å². The Kier molecular flexibility index (Phi) is 11.7. The second kappa shape index (κ2) is 14.2. The van der Waals surface area contributed by atoms with Crippen LogP contribution in [0, 0.1) is 11.8 Å². The first-order valence-electron chi connectivity index (χ1n) is 12.6. The van der Waals surface area contributed by atoms with E-state index in [1.54, 1.807) is 14.0 Å². The van der Waals surface area contributed by atoms with Crippen LogP contribution in [0.1, 0.15) is 58.4 Å². The smallest absolute Gasteiger partial charge is 0.326 e. The number of methoxy groups -OCH3 is 2. The average Bonchev–Trinajstić information content (AvgIpc) is 3.33. The Labute approximate surface area is 209 Å². The fourth-order valence-corrected chi connectivity index (χ4v) is 4.83. The molecule has 0 saturated carbocycles. The van der Waals surface area contributed by atoms with Crippen LogP contribution in [0.3, 0.4) is 0 Å². The van der Waals surface area contributed by atoms with Crippen molar-refractivity contribution in [2.75, 3.05) is 20.8 Å². The molecule has 8 heteroatoms. The molecule has 1 aliphatic heterocycles. The first-order valence-corrected chi connectivity index (χ1v) is 12.6. The van der Waals surface area contributed by atoms with E-state index in [2.05, 4.69) is 19.2 Å². The molecule has 1 heterocycles. The fraction of sp³-hybridized carbons (Fsp3) is 0.667. The second-order valence-electron chi connectivity index (χ2n) is 9.69. The van der Waals surface area contributed by atoms with Crippen molar-refractivity contribution in [3.8, 4) is 0 Å². The standard InChI is InChI=1S/C27H42N2O6/c1-6-18(2)15-21(34-4)17-24(30)29-14-10-13-23(29)25(35-5)19(3)26(31)28-22(27(32)33)16-20-11-8-7-9-12-20/h7-9,11-12,18-19,21-23,25H,6,10,13-17H2,1-5H3,(H,28,31)(H,32,33)/t18-,19+,21-,22-,23-,25-/m0/s1. The number of carbonyl (C=O) groups is 3. The zero-order valence-corrected chi connectivity index (χ0v) is 21.7. The minimum atomic E-state index is -1.09. The van der Waals surface area contributed by atoms with Crippen LogP contribution in [-0.4, -0.2) is 72.8 Å². The summed E-state index contributed by atoms with van der Waals surface area (Å²) in [7, 11) is 3.18. The molecule has 2 rings (SSSR count). The van der Waals surface area contributed by atoms with Gasteiger partial charge in [-0.1, -0.05) is 57.5 Å². The summed E-state index contributed by atoms with van der Waals surface area (Å²) in [6.07, 6.45) is 3.22. The third-order valence-corrected chi connectivity index (χ3v) is 7.17. The molecule has 0 aromatic heterocycles. The highest BCUT2D eigenvalue weighted by molar-refractivity contribution is 5.85. The average molecular weight is 491 g/mol. The van der Waals surface area contributed by atoms with E-state index >= 15 is 0 Å². The monoisotopic (exact) mass is 490 g/mol. The lowest BCUT2D eigenvalue weighted by Crippen LogP contribution is -2.52. The quantitative estimate of drug-likeness (QED) is 0.415. The topological polar surface area (TPSA) is 105 Å². The number of benzene rings is 1. The number of hydrogen-bond acceptors (Lipinski definition) is 5. The van der Waals surface area contributed by atoms with Crippen molar-refractivity contribution in [1.82, 2.24) is 10.2 Å². The van der Waals surface area contributed by atoms with E-state index < -0.39 is 29.9 Å². The van der Waals surface area contributed by atoms with Crippen molar-refractivity contribution >= 4 is 17.8 Å². The normalized spacial score (nSPS) is 20.0.